The van der Waals surface area contributed by atoms with E-state index in [1.165, 1.54) is 0 Å². The molecule has 68 valence electrons. The van der Waals surface area contributed by atoms with Gasteiger partial charge in [-0.2, -0.15) is 0 Å². The van der Waals surface area contributed by atoms with Crippen molar-refractivity contribution in [3.8, 4) is 0 Å². The smallest absolute Gasteiger partial charge is 0.305 e. The standard InChI is InChI=1S/C9H14O3/c1-2-8(10)11-6-4-3-5-7-9(6)12-7/h6-7,9H,2-5H2,1H3/t6?,7-,9+/m1/s1. The topological polar surface area (TPSA) is 38.8 Å². The Bertz CT molecular complexity index is 190. The van der Waals surface area contributed by atoms with E-state index in [9.17, 15) is 4.79 Å². The Kier molecular flexibility index (Phi) is 2.05. The molecule has 0 N–H and O–H groups in total. The average Bonchev–Trinajstić information content (AvgIpc) is 2.84. The molecule has 1 aliphatic heterocycles. The van der Waals surface area contributed by atoms with Gasteiger partial charge >= 0.3 is 5.97 Å². The van der Waals surface area contributed by atoms with E-state index in [1.54, 1.807) is 0 Å². The Morgan fingerprint density at radius 1 is 1.58 bits per heavy atom. The van der Waals surface area contributed by atoms with Crippen molar-refractivity contribution in [2.45, 2.75) is 50.9 Å². The molecule has 0 aromatic heterocycles. The molecule has 3 atom stereocenters. The second-order valence-corrected chi connectivity index (χ2v) is 3.45. The number of hydrogen-bond donors (Lipinski definition) is 0. The van der Waals surface area contributed by atoms with Crippen molar-refractivity contribution in [2.75, 3.05) is 0 Å². The predicted octanol–water partition coefficient (Wildman–Crippen LogP) is 1.26. The largest absolute Gasteiger partial charge is 0.459 e. The minimum Gasteiger partial charge on any atom is -0.459 e. The molecule has 1 saturated carbocycles. The Hall–Kier alpha value is -0.570. The van der Waals surface area contributed by atoms with Gasteiger partial charge in [0.2, 0.25) is 0 Å². The maximum Gasteiger partial charge on any atom is 0.305 e. The molecular weight excluding hydrogens is 156 g/mol. The number of hydrogen-bond acceptors (Lipinski definition) is 3. The highest BCUT2D eigenvalue weighted by Gasteiger charge is 2.48. The summed E-state index contributed by atoms with van der Waals surface area (Å²) in [6, 6.07) is 0. The second kappa shape index (κ2) is 3.05. The van der Waals surface area contributed by atoms with Crippen molar-refractivity contribution in [1.82, 2.24) is 0 Å². The molecule has 3 heteroatoms. The third-order valence-corrected chi connectivity index (χ3v) is 2.54. The van der Waals surface area contributed by atoms with Gasteiger partial charge in [-0.05, 0) is 19.3 Å². The highest BCUT2D eigenvalue weighted by Crippen LogP contribution is 2.38. The van der Waals surface area contributed by atoms with Crippen LogP contribution < -0.4 is 0 Å². The van der Waals surface area contributed by atoms with Crippen LogP contribution in [0.3, 0.4) is 0 Å². The van der Waals surface area contributed by atoms with Gasteiger partial charge in [-0.25, -0.2) is 0 Å². The van der Waals surface area contributed by atoms with E-state index in [0.29, 0.717) is 12.5 Å². The Morgan fingerprint density at radius 3 is 3.17 bits per heavy atom. The van der Waals surface area contributed by atoms with E-state index in [-0.39, 0.29) is 18.2 Å². The summed E-state index contributed by atoms with van der Waals surface area (Å²) in [4.78, 5) is 11.0. The summed E-state index contributed by atoms with van der Waals surface area (Å²) in [7, 11) is 0. The number of carbonyl (C=O) groups is 1. The van der Waals surface area contributed by atoms with Crippen LogP contribution in [0, 0.1) is 0 Å². The minimum absolute atomic E-state index is 0.0520. The van der Waals surface area contributed by atoms with Crippen LogP contribution in [0.4, 0.5) is 0 Å². The van der Waals surface area contributed by atoms with E-state index in [2.05, 4.69) is 0 Å². The lowest BCUT2D eigenvalue weighted by Crippen LogP contribution is -2.27. The summed E-state index contributed by atoms with van der Waals surface area (Å²) in [6.45, 7) is 1.82. The van der Waals surface area contributed by atoms with Gasteiger partial charge in [0, 0.05) is 6.42 Å². The van der Waals surface area contributed by atoms with Gasteiger partial charge in [-0.1, -0.05) is 6.92 Å². The summed E-state index contributed by atoms with van der Waals surface area (Å²) in [5.74, 6) is -0.101. The number of fused-ring (bicyclic) bond motifs is 1. The third-order valence-electron chi connectivity index (χ3n) is 2.54. The Labute approximate surface area is 72.0 Å². The lowest BCUT2D eigenvalue weighted by molar-refractivity contribution is -0.150. The van der Waals surface area contributed by atoms with Gasteiger partial charge in [0.25, 0.3) is 0 Å². The number of epoxide rings is 1. The van der Waals surface area contributed by atoms with Crippen molar-refractivity contribution < 1.29 is 14.3 Å². The van der Waals surface area contributed by atoms with E-state index in [1.807, 2.05) is 6.92 Å². The number of carbonyl (C=O) groups excluding carboxylic acids is 1. The highest BCUT2D eigenvalue weighted by molar-refractivity contribution is 5.69. The molecule has 2 rings (SSSR count). The molecule has 3 nitrogen and oxygen atoms in total. The molecule has 1 heterocycles. The van der Waals surface area contributed by atoms with Gasteiger partial charge < -0.3 is 9.47 Å². The van der Waals surface area contributed by atoms with Crippen LogP contribution in [0.15, 0.2) is 0 Å². The molecule has 0 aromatic rings. The van der Waals surface area contributed by atoms with E-state index < -0.39 is 0 Å². The number of esters is 1. The molecule has 2 fully saturated rings. The van der Waals surface area contributed by atoms with E-state index in [0.717, 1.165) is 19.3 Å². The first-order valence-corrected chi connectivity index (χ1v) is 4.66. The lowest BCUT2D eigenvalue weighted by atomic mass is 9.98. The van der Waals surface area contributed by atoms with Crippen LogP contribution in [0.5, 0.6) is 0 Å². The summed E-state index contributed by atoms with van der Waals surface area (Å²) < 4.78 is 10.6. The number of rotatable bonds is 2. The van der Waals surface area contributed by atoms with Gasteiger partial charge in [0.15, 0.2) is 0 Å². The third kappa shape index (κ3) is 1.46. The summed E-state index contributed by atoms with van der Waals surface area (Å²) in [6.07, 6.45) is 4.40. The van der Waals surface area contributed by atoms with Crippen LogP contribution in [-0.2, 0) is 14.3 Å². The minimum atomic E-state index is -0.101. The van der Waals surface area contributed by atoms with Crippen LogP contribution in [0.2, 0.25) is 0 Å². The van der Waals surface area contributed by atoms with Crippen LogP contribution >= 0.6 is 0 Å². The van der Waals surface area contributed by atoms with Crippen molar-refractivity contribution in [3.05, 3.63) is 0 Å². The van der Waals surface area contributed by atoms with Crippen LogP contribution in [0.1, 0.15) is 32.6 Å². The van der Waals surface area contributed by atoms with Crippen LogP contribution in [-0.4, -0.2) is 24.3 Å². The second-order valence-electron chi connectivity index (χ2n) is 3.45. The quantitative estimate of drug-likeness (QED) is 0.462. The summed E-state index contributed by atoms with van der Waals surface area (Å²) in [5.41, 5.74) is 0. The SMILES string of the molecule is CCC(=O)OC1CCC[C@H]2O[C@@H]12. The molecule has 2 aliphatic rings. The molecule has 12 heavy (non-hydrogen) atoms. The van der Waals surface area contributed by atoms with Gasteiger partial charge in [-0.15, -0.1) is 0 Å². The molecule has 1 unspecified atom stereocenters. The fourth-order valence-electron chi connectivity index (χ4n) is 1.78. The lowest BCUT2D eigenvalue weighted by Gasteiger charge is -2.18. The molecule has 0 aromatic carbocycles. The predicted molar refractivity (Wildman–Crippen MR) is 42.7 cm³/mol. The first-order chi connectivity index (χ1) is 5.81. The van der Waals surface area contributed by atoms with Crippen molar-refractivity contribution in [3.63, 3.8) is 0 Å². The monoisotopic (exact) mass is 170 g/mol. The van der Waals surface area contributed by atoms with Gasteiger partial charge in [-0.3, -0.25) is 4.79 Å². The van der Waals surface area contributed by atoms with Crippen molar-refractivity contribution in [2.24, 2.45) is 0 Å². The zero-order chi connectivity index (χ0) is 8.55. The summed E-state index contributed by atoms with van der Waals surface area (Å²) >= 11 is 0. The summed E-state index contributed by atoms with van der Waals surface area (Å²) in [5, 5.41) is 0. The van der Waals surface area contributed by atoms with Gasteiger partial charge in [0.05, 0.1) is 6.10 Å². The molecule has 0 bridgehead atoms. The normalized spacial score (nSPS) is 38.6. The zero-order valence-corrected chi connectivity index (χ0v) is 7.29. The maximum absolute atomic E-state index is 11.0. The fraction of sp³-hybridized carbons (Fsp3) is 0.889. The van der Waals surface area contributed by atoms with Crippen molar-refractivity contribution in [1.29, 1.82) is 0 Å². The van der Waals surface area contributed by atoms with Gasteiger partial charge in [0.1, 0.15) is 12.2 Å². The zero-order valence-electron chi connectivity index (χ0n) is 7.29. The molecule has 0 radical (unpaired) electrons. The van der Waals surface area contributed by atoms with E-state index >= 15 is 0 Å². The molecule has 1 saturated heterocycles. The fourth-order valence-corrected chi connectivity index (χ4v) is 1.78. The molecule has 0 amide bonds. The molecular formula is C9H14O3. The van der Waals surface area contributed by atoms with E-state index in [4.69, 9.17) is 9.47 Å². The molecule has 0 spiro atoms. The maximum atomic E-state index is 11.0. The molecule has 1 aliphatic carbocycles. The van der Waals surface area contributed by atoms with Crippen LogP contribution in [0.25, 0.3) is 0 Å². The first-order valence-electron chi connectivity index (χ1n) is 4.66. The first kappa shape index (κ1) is 8.05. The Balaban J connectivity index is 1.83. The average molecular weight is 170 g/mol. The Morgan fingerprint density at radius 2 is 2.42 bits per heavy atom. The van der Waals surface area contributed by atoms with Crippen molar-refractivity contribution >= 4 is 5.97 Å². The highest BCUT2D eigenvalue weighted by atomic mass is 16.6. The number of ether oxygens (including phenoxy) is 2.